The van der Waals surface area contributed by atoms with Crippen molar-refractivity contribution in [3.8, 4) is 0 Å². The quantitative estimate of drug-likeness (QED) is 0.777. The van der Waals surface area contributed by atoms with Gasteiger partial charge < -0.3 is 5.11 Å². The van der Waals surface area contributed by atoms with E-state index < -0.39 is 5.60 Å². The summed E-state index contributed by atoms with van der Waals surface area (Å²) >= 11 is 0. The molecule has 3 aliphatic carbocycles. The highest BCUT2D eigenvalue weighted by Crippen LogP contribution is 2.62. The zero-order valence-electron chi connectivity index (χ0n) is 14.7. The van der Waals surface area contributed by atoms with Crippen LogP contribution in [0.5, 0.6) is 0 Å². The maximum Gasteiger partial charge on any atom is 0.181 e. The molecular weight excluding hydrogens is 272 g/mol. The third kappa shape index (κ3) is 2.14. The molecule has 0 aromatic rings. The van der Waals surface area contributed by atoms with Gasteiger partial charge in [0.25, 0.3) is 0 Å². The van der Waals surface area contributed by atoms with E-state index in [-0.39, 0.29) is 17.1 Å². The minimum absolute atomic E-state index is 0.0383. The lowest BCUT2D eigenvalue weighted by molar-refractivity contribution is -0.113. The molecule has 2 nitrogen and oxygen atoms in total. The van der Waals surface area contributed by atoms with Crippen molar-refractivity contribution in [2.45, 2.75) is 72.3 Å². The van der Waals surface area contributed by atoms with Gasteiger partial charge in [-0.25, -0.2) is 0 Å². The standard InChI is InChI=1S/C20H30O2/c1-13(2)14-12-20(22)10-7-16-18(3,4)8-6-9-19(16,5)17(20)11-15(14)21/h11-13,16,22H,6-10H2,1-5H3/t16-,19-,20+/m0/s1. The van der Waals surface area contributed by atoms with Crippen molar-refractivity contribution in [2.24, 2.45) is 22.7 Å². The number of carbonyl (C=O) groups excluding carboxylic acids is 1. The van der Waals surface area contributed by atoms with Crippen LogP contribution in [0, 0.1) is 22.7 Å². The van der Waals surface area contributed by atoms with Gasteiger partial charge >= 0.3 is 0 Å². The number of allylic oxidation sites excluding steroid dienone is 2. The van der Waals surface area contributed by atoms with Gasteiger partial charge in [0.1, 0.15) is 5.60 Å². The van der Waals surface area contributed by atoms with Gasteiger partial charge in [0.05, 0.1) is 0 Å². The summed E-state index contributed by atoms with van der Waals surface area (Å²) in [5.41, 5.74) is 1.14. The molecule has 3 atom stereocenters. The Morgan fingerprint density at radius 3 is 2.50 bits per heavy atom. The van der Waals surface area contributed by atoms with Crippen molar-refractivity contribution in [1.29, 1.82) is 0 Å². The fourth-order valence-corrected chi connectivity index (χ4v) is 5.58. The van der Waals surface area contributed by atoms with Gasteiger partial charge in [-0.2, -0.15) is 0 Å². The Labute approximate surface area is 134 Å². The summed E-state index contributed by atoms with van der Waals surface area (Å²) in [6, 6.07) is 0. The van der Waals surface area contributed by atoms with E-state index in [9.17, 15) is 9.90 Å². The summed E-state index contributed by atoms with van der Waals surface area (Å²) in [7, 11) is 0. The molecule has 0 aromatic carbocycles. The first kappa shape index (κ1) is 16.0. The monoisotopic (exact) mass is 302 g/mol. The van der Waals surface area contributed by atoms with E-state index in [1.165, 1.54) is 12.8 Å². The van der Waals surface area contributed by atoms with Crippen LogP contribution in [-0.4, -0.2) is 16.5 Å². The summed E-state index contributed by atoms with van der Waals surface area (Å²) in [4.78, 5) is 12.6. The largest absolute Gasteiger partial charge is 0.381 e. The summed E-state index contributed by atoms with van der Waals surface area (Å²) in [5, 5.41) is 11.3. The molecule has 0 heterocycles. The molecule has 0 amide bonds. The number of ketones is 1. The second kappa shape index (κ2) is 4.80. The van der Waals surface area contributed by atoms with Crippen LogP contribution in [0.25, 0.3) is 0 Å². The summed E-state index contributed by atoms with van der Waals surface area (Å²) in [5.74, 6) is 0.838. The van der Waals surface area contributed by atoms with Crippen LogP contribution < -0.4 is 0 Å². The summed E-state index contributed by atoms with van der Waals surface area (Å²) in [6.45, 7) is 11.1. The van der Waals surface area contributed by atoms with Gasteiger partial charge in [-0.1, -0.05) is 41.0 Å². The van der Waals surface area contributed by atoms with Gasteiger partial charge in [-0.3, -0.25) is 4.79 Å². The lowest BCUT2D eigenvalue weighted by Crippen LogP contribution is -2.54. The van der Waals surface area contributed by atoms with E-state index in [1.54, 1.807) is 6.08 Å². The fourth-order valence-electron chi connectivity index (χ4n) is 5.58. The van der Waals surface area contributed by atoms with Crippen molar-refractivity contribution in [3.05, 3.63) is 23.3 Å². The lowest BCUT2D eigenvalue weighted by Gasteiger charge is -2.59. The number of rotatable bonds is 1. The highest BCUT2D eigenvalue weighted by Gasteiger charge is 2.57. The van der Waals surface area contributed by atoms with Gasteiger partial charge in [0.15, 0.2) is 5.78 Å². The van der Waals surface area contributed by atoms with Crippen molar-refractivity contribution >= 4 is 5.78 Å². The molecule has 1 N–H and O–H groups in total. The van der Waals surface area contributed by atoms with Crippen molar-refractivity contribution in [3.63, 3.8) is 0 Å². The second-order valence-electron chi connectivity index (χ2n) is 8.95. The predicted molar refractivity (Wildman–Crippen MR) is 89.4 cm³/mol. The van der Waals surface area contributed by atoms with Crippen molar-refractivity contribution in [2.75, 3.05) is 0 Å². The lowest BCUT2D eigenvalue weighted by atomic mass is 9.47. The van der Waals surface area contributed by atoms with Crippen molar-refractivity contribution in [1.82, 2.24) is 0 Å². The van der Waals surface area contributed by atoms with Gasteiger partial charge in [-0.05, 0) is 66.1 Å². The van der Waals surface area contributed by atoms with Gasteiger partial charge in [-0.15, -0.1) is 0 Å². The van der Waals surface area contributed by atoms with Gasteiger partial charge in [0.2, 0.25) is 0 Å². The number of aliphatic hydroxyl groups is 1. The SMILES string of the molecule is CC(C)C1=C[C@]2(O)CC[C@H]3C(C)(C)CCC[C@]3(C)C2=CC1=O. The van der Waals surface area contributed by atoms with E-state index in [1.807, 2.05) is 19.9 Å². The number of fused-ring (bicyclic) bond motifs is 3. The molecule has 3 rings (SSSR count). The molecule has 0 aromatic heterocycles. The molecule has 2 heteroatoms. The van der Waals surface area contributed by atoms with Crippen LogP contribution in [0.2, 0.25) is 0 Å². The van der Waals surface area contributed by atoms with Crippen LogP contribution >= 0.6 is 0 Å². The molecule has 2 saturated carbocycles. The summed E-state index contributed by atoms with van der Waals surface area (Å²) in [6.07, 6.45) is 9.01. The molecule has 3 aliphatic rings. The average Bonchev–Trinajstić information content (AvgIpc) is 2.38. The van der Waals surface area contributed by atoms with E-state index in [0.717, 1.165) is 30.4 Å². The van der Waals surface area contributed by atoms with Crippen LogP contribution in [0.1, 0.15) is 66.7 Å². The molecule has 22 heavy (non-hydrogen) atoms. The Bertz CT molecular complexity index is 566. The van der Waals surface area contributed by atoms with Crippen LogP contribution in [0.4, 0.5) is 0 Å². The number of hydrogen-bond acceptors (Lipinski definition) is 2. The van der Waals surface area contributed by atoms with Crippen molar-refractivity contribution < 1.29 is 9.90 Å². The maximum atomic E-state index is 12.6. The highest BCUT2D eigenvalue weighted by atomic mass is 16.3. The topological polar surface area (TPSA) is 37.3 Å². The van der Waals surface area contributed by atoms with E-state index in [0.29, 0.717) is 11.3 Å². The van der Waals surface area contributed by atoms with Crippen LogP contribution in [-0.2, 0) is 4.79 Å². The van der Waals surface area contributed by atoms with E-state index in [4.69, 9.17) is 0 Å². The first-order valence-electron chi connectivity index (χ1n) is 8.82. The third-order valence-corrected chi connectivity index (χ3v) is 6.70. The molecule has 0 bridgehead atoms. The Morgan fingerprint density at radius 2 is 1.86 bits per heavy atom. The molecular formula is C20H30O2. The maximum absolute atomic E-state index is 12.6. The molecule has 0 spiro atoms. The number of carbonyl (C=O) groups is 1. The van der Waals surface area contributed by atoms with Crippen LogP contribution in [0.3, 0.4) is 0 Å². The number of hydrogen-bond donors (Lipinski definition) is 1. The Hall–Kier alpha value is -0.890. The van der Waals surface area contributed by atoms with E-state index in [2.05, 4.69) is 20.8 Å². The molecule has 0 aliphatic heterocycles. The molecule has 122 valence electrons. The minimum atomic E-state index is -0.897. The zero-order valence-corrected chi connectivity index (χ0v) is 14.7. The Morgan fingerprint density at radius 1 is 1.18 bits per heavy atom. The Kier molecular flexibility index (Phi) is 3.49. The van der Waals surface area contributed by atoms with Crippen LogP contribution in [0.15, 0.2) is 23.3 Å². The third-order valence-electron chi connectivity index (χ3n) is 6.70. The van der Waals surface area contributed by atoms with E-state index >= 15 is 0 Å². The van der Waals surface area contributed by atoms with Gasteiger partial charge in [0, 0.05) is 5.57 Å². The second-order valence-corrected chi connectivity index (χ2v) is 8.95. The Balaban J connectivity index is 2.08. The minimum Gasteiger partial charge on any atom is -0.381 e. The highest BCUT2D eigenvalue weighted by molar-refractivity contribution is 6.06. The molecule has 0 radical (unpaired) electrons. The first-order valence-corrected chi connectivity index (χ1v) is 8.82. The molecule has 2 fully saturated rings. The zero-order chi connectivity index (χ0) is 16.3. The fraction of sp³-hybridized carbons (Fsp3) is 0.750. The predicted octanol–water partition coefficient (Wildman–Crippen LogP) is 4.44. The smallest absolute Gasteiger partial charge is 0.181 e. The summed E-state index contributed by atoms with van der Waals surface area (Å²) < 4.78 is 0. The average molecular weight is 302 g/mol. The first-order chi connectivity index (χ1) is 10.1. The molecule has 0 saturated heterocycles. The normalized spacial score (nSPS) is 40.7. The molecule has 0 unspecified atom stereocenters.